The lowest BCUT2D eigenvalue weighted by atomic mass is 10.0. The fourth-order valence-corrected chi connectivity index (χ4v) is 3.38. The fraction of sp³-hybridized carbons (Fsp3) is 0.500. The summed E-state index contributed by atoms with van der Waals surface area (Å²) in [7, 11) is 0. The maximum absolute atomic E-state index is 12.3. The van der Waals surface area contributed by atoms with Gasteiger partial charge in [-0.05, 0) is 31.4 Å². The van der Waals surface area contributed by atoms with Crippen LogP contribution in [0.2, 0.25) is 0 Å². The lowest BCUT2D eigenvalue weighted by Gasteiger charge is -2.31. The van der Waals surface area contributed by atoms with Crippen LogP contribution in [-0.4, -0.2) is 48.5 Å². The molecule has 1 saturated heterocycles. The Morgan fingerprint density at radius 2 is 2.00 bits per heavy atom. The molecule has 7 heteroatoms. The van der Waals surface area contributed by atoms with Crippen LogP contribution < -0.4 is 10.6 Å². The van der Waals surface area contributed by atoms with Crippen LogP contribution in [0.3, 0.4) is 0 Å². The molecule has 2 heterocycles. The van der Waals surface area contributed by atoms with Crippen LogP contribution >= 0.6 is 0 Å². The first-order valence-corrected chi connectivity index (χ1v) is 8.69. The first kappa shape index (κ1) is 17.3. The second kappa shape index (κ2) is 7.55. The Kier molecular flexibility index (Phi) is 5.21. The summed E-state index contributed by atoms with van der Waals surface area (Å²) in [6, 6.07) is 7.11. The van der Waals surface area contributed by atoms with Crippen molar-refractivity contribution in [1.29, 1.82) is 0 Å². The van der Waals surface area contributed by atoms with Crippen molar-refractivity contribution < 1.29 is 19.1 Å². The number of rotatable bonds is 4. The molecule has 3 amide bonds. The van der Waals surface area contributed by atoms with Gasteiger partial charge in [-0.1, -0.05) is 18.2 Å². The standard InChI is InChI=1S/C18H23N3O4/c1-2-25-18(24)21-9-7-12(8-10-21)19-16(22)11-15-13-5-3-4-6-14(13)17(23)20-15/h3-6,12,15H,2,7-11H2,1H3,(H,19,22)(H,20,23)/t15-/m0/s1. The maximum Gasteiger partial charge on any atom is 0.409 e. The molecule has 0 spiro atoms. The molecule has 1 atom stereocenters. The van der Waals surface area contributed by atoms with Crippen LogP contribution in [0, 0.1) is 0 Å². The smallest absolute Gasteiger partial charge is 0.409 e. The minimum absolute atomic E-state index is 0.0468. The molecule has 0 unspecified atom stereocenters. The van der Waals surface area contributed by atoms with Gasteiger partial charge >= 0.3 is 6.09 Å². The summed E-state index contributed by atoms with van der Waals surface area (Å²) < 4.78 is 4.99. The summed E-state index contributed by atoms with van der Waals surface area (Å²) >= 11 is 0. The number of hydrogen-bond donors (Lipinski definition) is 2. The van der Waals surface area contributed by atoms with Crippen molar-refractivity contribution in [2.45, 2.75) is 38.3 Å². The van der Waals surface area contributed by atoms with Gasteiger partial charge in [-0.2, -0.15) is 0 Å². The number of carbonyl (C=O) groups excluding carboxylic acids is 3. The van der Waals surface area contributed by atoms with E-state index in [4.69, 9.17) is 4.74 Å². The third-order valence-electron chi connectivity index (χ3n) is 4.66. The molecule has 7 nitrogen and oxygen atoms in total. The predicted molar refractivity (Wildman–Crippen MR) is 91.0 cm³/mol. The zero-order valence-corrected chi connectivity index (χ0v) is 14.3. The Hall–Kier alpha value is -2.57. The summed E-state index contributed by atoms with van der Waals surface area (Å²) in [5.74, 6) is -0.215. The lowest BCUT2D eigenvalue weighted by molar-refractivity contribution is -0.122. The molecular weight excluding hydrogens is 322 g/mol. The highest BCUT2D eigenvalue weighted by molar-refractivity contribution is 5.99. The van der Waals surface area contributed by atoms with E-state index >= 15 is 0 Å². The molecule has 2 aliphatic rings. The summed E-state index contributed by atoms with van der Waals surface area (Å²) in [5.41, 5.74) is 1.52. The van der Waals surface area contributed by atoms with E-state index in [1.165, 1.54) is 0 Å². The second-order valence-electron chi connectivity index (χ2n) is 6.35. The molecule has 25 heavy (non-hydrogen) atoms. The number of piperidine rings is 1. The molecule has 0 bridgehead atoms. The van der Waals surface area contributed by atoms with E-state index < -0.39 is 0 Å². The molecule has 1 aromatic rings. The van der Waals surface area contributed by atoms with Crippen molar-refractivity contribution in [2.24, 2.45) is 0 Å². The summed E-state index contributed by atoms with van der Waals surface area (Å²) in [6.45, 7) is 3.30. The Morgan fingerprint density at radius 1 is 1.28 bits per heavy atom. The number of ether oxygens (including phenoxy) is 1. The SMILES string of the molecule is CCOC(=O)N1CCC(NC(=O)C[C@@H]2NC(=O)c3ccccc32)CC1. The number of fused-ring (bicyclic) bond motifs is 1. The van der Waals surface area contributed by atoms with Crippen molar-refractivity contribution in [2.75, 3.05) is 19.7 Å². The first-order valence-electron chi connectivity index (χ1n) is 8.69. The third kappa shape index (κ3) is 3.92. The summed E-state index contributed by atoms with van der Waals surface area (Å²) in [4.78, 5) is 37.6. The summed E-state index contributed by atoms with van der Waals surface area (Å²) in [6.07, 6.45) is 1.34. The average molecular weight is 345 g/mol. The second-order valence-corrected chi connectivity index (χ2v) is 6.35. The number of benzene rings is 1. The van der Waals surface area contributed by atoms with Gasteiger partial charge in [0.25, 0.3) is 5.91 Å². The molecule has 1 fully saturated rings. The van der Waals surface area contributed by atoms with Crippen LogP contribution in [0.1, 0.15) is 48.1 Å². The third-order valence-corrected chi connectivity index (χ3v) is 4.66. The fourth-order valence-electron chi connectivity index (χ4n) is 3.38. The molecule has 2 N–H and O–H groups in total. The van der Waals surface area contributed by atoms with Crippen molar-refractivity contribution in [3.63, 3.8) is 0 Å². The molecular formula is C18H23N3O4. The number of likely N-dealkylation sites (tertiary alicyclic amines) is 1. The largest absolute Gasteiger partial charge is 0.450 e. The number of nitrogens with one attached hydrogen (secondary N) is 2. The van der Waals surface area contributed by atoms with E-state index in [2.05, 4.69) is 10.6 Å². The molecule has 3 rings (SSSR count). The van der Waals surface area contributed by atoms with Gasteiger partial charge in [-0.15, -0.1) is 0 Å². The highest BCUT2D eigenvalue weighted by Crippen LogP contribution is 2.27. The minimum Gasteiger partial charge on any atom is -0.450 e. The van der Waals surface area contributed by atoms with Gasteiger partial charge in [0.1, 0.15) is 0 Å². The number of amides is 3. The monoisotopic (exact) mass is 345 g/mol. The Morgan fingerprint density at radius 3 is 2.72 bits per heavy atom. The Balaban J connectivity index is 1.48. The first-order chi connectivity index (χ1) is 12.1. The number of nitrogens with zero attached hydrogens (tertiary/aromatic N) is 1. The van der Waals surface area contributed by atoms with Crippen LogP contribution in [0.25, 0.3) is 0 Å². The van der Waals surface area contributed by atoms with Gasteiger partial charge in [0, 0.05) is 24.7 Å². The van der Waals surface area contributed by atoms with Crippen molar-refractivity contribution in [3.05, 3.63) is 35.4 Å². The van der Waals surface area contributed by atoms with Gasteiger partial charge in [0.05, 0.1) is 19.1 Å². The van der Waals surface area contributed by atoms with Crippen LogP contribution in [0.5, 0.6) is 0 Å². The van der Waals surface area contributed by atoms with Crippen LogP contribution in [-0.2, 0) is 9.53 Å². The summed E-state index contributed by atoms with van der Waals surface area (Å²) in [5, 5.41) is 5.87. The Bertz CT molecular complexity index is 668. The van der Waals surface area contributed by atoms with Gasteiger partial charge in [0.2, 0.25) is 5.91 Å². The van der Waals surface area contributed by atoms with E-state index in [1.54, 1.807) is 17.9 Å². The topological polar surface area (TPSA) is 87.7 Å². The van der Waals surface area contributed by atoms with Crippen molar-refractivity contribution >= 4 is 17.9 Å². The van der Waals surface area contributed by atoms with Gasteiger partial charge in [-0.3, -0.25) is 9.59 Å². The van der Waals surface area contributed by atoms with Gasteiger partial charge in [-0.25, -0.2) is 4.79 Å². The van der Waals surface area contributed by atoms with E-state index in [0.717, 1.165) is 5.56 Å². The minimum atomic E-state index is -0.294. The van der Waals surface area contributed by atoms with Crippen LogP contribution in [0.15, 0.2) is 24.3 Å². The molecule has 134 valence electrons. The van der Waals surface area contributed by atoms with Crippen LogP contribution in [0.4, 0.5) is 4.79 Å². The van der Waals surface area contributed by atoms with E-state index in [-0.39, 0.29) is 36.4 Å². The average Bonchev–Trinajstić information content (AvgIpc) is 2.92. The number of carbonyl (C=O) groups is 3. The number of hydrogen-bond acceptors (Lipinski definition) is 4. The van der Waals surface area contributed by atoms with E-state index in [1.807, 2.05) is 18.2 Å². The van der Waals surface area contributed by atoms with E-state index in [9.17, 15) is 14.4 Å². The van der Waals surface area contributed by atoms with Crippen molar-refractivity contribution in [1.82, 2.24) is 15.5 Å². The zero-order valence-electron chi connectivity index (χ0n) is 14.3. The predicted octanol–water partition coefficient (Wildman–Crippen LogP) is 1.60. The highest BCUT2D eigenvalue weighted by Gasteiger charge is 2.30. The quantitative estimate of drug-likeness (QED) is 0.868. The molecule has 0 saturated carbocycles. The molecule has 0 aromatic heterocycles. The lowest BCUT2D eigenvalue weighted by Crippen LogP contribution is -2.47. The zero-order chi connectivity index (χ0) is 17.8. The Labute approximate surface area is 146 Å². The van der Waals surface area contributed by atoms with Gasteiger partial charge in [0.15, 0.2) is 0 Å². The van der Waals surface area contributed by atoms with Gasteiger partial charge < -0.3 is 20.3 Å². The molecule has 0 radical (unpaired) electrons. The van der Waals surface area contributed by atoms with Crippen molar-refractivity contribution in [3.8, 4) is 0 Å². The normalized spacial score (nSPS) is 20.0. The molecule has 2 aliphatic heterocycles. The van der Waals surface area contributed by atoms with E-state index in [0.29, 0.717) is 38.1 Å². The molecule has 0 aliphatic carbocycles. The highest BCUT2D eigenvalue weighted by atomic mass is 16.6. The maximum atomic E-state index is 12.3. The molecule has 1 aromatic carbocycles.